The summed E-state index contributed by atoms with van der Waals surface area (Å²) in [5.74, 6) is 0.786. The van der Waals surface area contributed by atoms with Gasteiger partial charge in [-0.1, -0.05) is 12.8 Å². The predicted octanol–water partition coefficient (Wildman–Crippen LogP) is 2.78. The van der Waals surface area contributed by atoms with E-state index in [1.54, 1.807) is 11.3 Å². The number of guanidine groups is 1. The number of likely N-dealkylation sites (tertiary alicyclic amines) is 1. The molecule has 1 aliphatic rings. The molecule has 1 aliphatic heterocycles. The second-order valence-corrected chi connectivity index (χ2v) is 7.80. The number of nitrogens with zero attached hydrogens (tertiary/aromatic N) is 2. The molecule has 142 valence electrons. The van der Waals surface area contributed by atoms with Gasteiger partial charge in [0.1, 0.15) is 5.60 Å². The van der Waals surface area contributed by atoms with Crippen LogP contribution in [0.1, 0.15) is 51.5 Å². The third kappa shape index (κ3) is 7.34. The lowest BCUT2D eigenvalue weighted by Gasteiger charge is -2.22. The summed E-state index contributed by atoms with van der Waals surface area (Å²) in [6.07, 6.45) is 6.57. The van der Waals surface area contributed by atoms with Crippen LogP contribution in [0.15, 0.2) is 21.8 Å². The molecule has 1 fully saturated rings. The van der Waals surface area contributed by atoms with Crippen LogP contribution >= 0.6 is 11.3 Å². The van der Waals surface area contributed by atoms with E-state index in [2.05, 4.69) is 27.4 Å². The maximum absolute atomic E-state index is 10.6. The van der Waals surface area contributed by atoms with E-state index in [9.17, 15) is 5.11 Å². The Bertz CT molecular complexity index is 494. The van der Waals surface area contributed by atoms with Gasteiger partial charge in [0, 0.05) is 13.1 Å². The normalized spacial score (nSPS) is 19.2. The first-order valence-electron chi connectivity index (χ1n) is 9.61. The molecule has 0 aromatic carbocycles. The second kappa shape index (κ2) is 10.8. The number of thiophene rings is 1. The highest BCUT2D eigenvalue weighted by Gasteiger charge is 2.23. The molecule has 1 unspecified atom stereocenters. The maximum atomic E-state index is 10.6. The van der Waals surface area contributed by atoms with Gasteiger partial charge in [0.2, 0.25) is 0 Å². The minimum atomic E-state index is -0.922. The summed E-state index contributed by atoms with van der Waals surface area (Å²) in [6.45, 7) is 9.61. The van der Waals surface area contributed by atoms with Crippen molar-refractivity contribution >= 4 is 17.3 Å². The molecule has 2 rings (SSSR count). The van der Waals surface area contributed by atoms with Crippen LogP contribution in [0.5, 0.6) is 0 Å². The van der Waals surface area contributed by atoms with E-state index < -0.39 is 5.60 Å². The number of aliphatic imine (C=N–C) groups is 1. The Labute approximate surface area is 156 Å². The number of aliphatic hydroxyl groups is 1. The molecular weight excluding hydrogens is 332 g/mol. The van der Waals surface area contributed by atoms with E-state index in [1.807, 2.05) is 23.8 Å². The van der Waals surface area contributed by atoms with E-state index >= 15 is 0 Å². The van der Waals surface area contributed by atoms with Gasteiger partial charge >= 0.3 is 0 Å². The van der Waals surface area contributed by atoms with E-state index in [0.717, 1.165) is 37.6 Å². The lowest BCUT2D eigenvalue weighted by atomic mass is 10.00. The predicted molar refractivity (Wildman–Crippen MR) is 107 cm³/mol. The Morgan fingerprint density at radius 3 is 2.68 bits per heavy atom. The number of hydrogen-bond donors (Lipinski definition) is 3. The third-order valence-electron chi connectivity index (χ3n) is 4.67. The Kier molecular flexibility index (Phi) is 8.72. The van der Waals surface area contributed by atoms with Crippen LogP contribution < -0.4 is 10.6 Å². The summed E-state index contributed by atoms with van der Waals surface area (Å²) in [4.78, 5) is 7.16. The van der Waals surface area contributed by atoms with E-state index in [-0.39, 0.29) is 0 Å². The van der Waals surface area contributed by atoms with Crippen molar-refractivity contribution in [2.75, 3.05) is 39.3 Å². The molecular formula is C19H34N4OS. The number of nitrogens with one attached hydrogen (secondary N) is 2. The summed E-state index contributed by atoms with van der Waals surface area (Å²) < 4.78 is 0. The molecule has 1 atom stereocenters. The summed E-state index contributed by atoms with van der Waals surface area (Å²) in [5.41, 5.74) is 0.00673. The summed E-state index contributed by atoms with van der Waals surface area (Å²) in [6, 6.07) is 1.96. The molecule has 2 heterocycles. The van der Waals surface area contributed by atoms with E-state index in [4.69, 9.17) is 0 Å². The Morgan fingerprint density at radius 1 is 1.28 bits per heavy atom. The lowest BCUT2D eigenvalue weighted by Crippen LogP contribution is -2.40. The zero-order valence-corrected chi connectivity index (χ0v) is 16.6. The van der Waals surface area contributed by atoms with E-state index in [0.29, 0.717) is 6.54 Å². The average Bonchev–Trinajstić information content (AvgIpc) is 3.03. The second-order valence-electron chi connectivity index (χ2n) is 7.02. The molecule has 0 bridgehead atoms. The van der Waals surface area contributed by atoms with Crippen molar-refractivity contribution in [3.05, 3.63) is 22.4 Å². The molecule has 6 heteroatoms. The van der Waals surface area contributed by atoms with Gasteiger partial charge in [0.05, 0.1) is 6.54 Å². The maximum Gasteiger partial charge on any atom is 0.191 e. The van der Waals surface area contributed by atoms with Crippen molar-refractivity contribution in [2.45, 2.75) is 51.6 Å². The summed E-state index contributed by atoms with van der Waals surface area (Å²) in [7, 11) is 0. The quantitative estimate of drug-likeness (QED) is 0.376. The van der Waals surface area contributed by atoms with Gasteiger partial charge in [-0.3, -0.25) is 0 Å². The van der Waals surface area contributed by atoms with Crippen molar-refractivity contribution < 1.29 is 5.11 Å². The zero-order valence-electron chi connectivity index (χ0n) is 15.8. The molecule has 3 N–H and O–H groups in total. The molecule has 1 aromatic rings. The van der Waals surface area contributed by atoms with Crippen LogP contribution in [0.25, 0.3) is 0 Å². The van der Waals surface area contributed by atoms with Gasteiger partial charge in [0.25, 0.3) is 0 Å². The lowest BCUT2D eigenvalue weighted by molar-refractivity contribution is 0.0677. The van der Waals surface area contributed by atoms with Crippen molar-refractivity contribution in [1.82, 2.24) is 15.5 Å². The van der Waals surface area contributed by atoms with Gasteiger partial charge in [-0.05, 0) is 75.1 Å². The van der Waals surface area contributed by atoms with Gasteiger partial charge in [0.15, 0.2) is 5.96 Å². The fourth-order valence-corrected chi connectivity index (χ4v) is 3.89. The van der Waals surface area contributed by atoms with Crippen LogP contribution in [0.3, 0.4) is 0 Å². The summed E-state index contributed by atoms with van der Waals surface area (Å²) in [5, 5.41) is 21.2. The largest absolute Gasteiger partial charge is 0.383 e. The molecule has 1 saturated heterocycles. The smallest absolute Gasteiger partial charge is 0.191 e. The minimum absolute atomic E-state index is 0.352. The molecule has 1 aromatic heterocycles. The first-order chi connectivity index (χ1) is 12.1. The van der Waals surface area contributed by atoms with Gasteiger partial charge < -0.3 is 20.6 Å². The van der Waals surface area contributed by atoms with Crippen LogP contribution in [0.4, 0.5) is 0 Å². The van der Waals surface area contributed by atoms with Crippen LogP contribution in [-0.2, 0) is 5.60 Å². The minimum Gasteiger partial charge on any atom is -0.383 e. The highest BCUT2D eigenvalue weighted by molar-refractivity contribution is 7.08. The van der Waals surface area contributed by atoms with Crippen molar-refractivity contribution in [3.63, 3.8) is 0 Å². The molecule has 0 spiro atoms. The topological polar surface area (TPSA) is 59.9 Å². The number of rotatable bonds is 8. The van der Waals surface area contributed by atoms with Crippen LogP contribution in [-0.4, -0.2) is 55.2 Å². The highest BCUT2D eigenvalue weighted by atomic mass is 32.1. The van der Waals surface area contributed by atoms with E-state index in [1.165, 1.54) is 38.8 Å². The van der Waals surface area contributed by atoms with Crippen LogP contribution in [0, 0.1) is 0 Å². The molecule has 0 saturated carbocycles. The van der Waals surface area contributed by atoms with Crippen molar-refractivity contribution in [3.8, 4) is 0 Å². The summed E-state index contributed by atoms with van der Waals surface area (Å²) >= 11 is 1.60. The fourth-order valence-electron chi connectivity index (χ4n) is 3.11. The Balaban J connectivity index is 1.75. The first kappa shape index (κ1) is 20.2. The van der Waals surface area contributed by atoms with Crippen molar-refractivity contribution in [2.24, 2.45) is 4.99 Å². The Morgan fingerprint density at radius 2 is 2.04 bits per heavy atom. The zero-order chi connectivity index (χ0) is 18.0. The monoisotopic (exact) mass is 366 g/mol. The molecule has 0 radical (unpaired) electrons. The SMILES string of the molecule is CCNC(=NCC(C)(O)c1ccsc1)NCCCN1CCCCCC1. The first-order valence-corrected chi connectivity index (χ1v) is 10.6. The third-order valence-corrected chi connectivity index (χ3v) is 5.36. The van der Waals surface area contributed by atoms with Gasteiger partial charge in [-0.25, -0.2) is 4.99 Å². The molecule has 5 nitrogen and oxygen atoms in total. The van der Waals surface area contributed by atoms with Gasteiger partial charge in [-0.15, -0.1) is 0 Å². The Hall–Kier alpha value is -1.11. The standard InChI is InChI=1S/C19H34N4OS/c1-3-20-18(22-16-19(2,24)17-9-14-25-15-17)21-10-8-13-23-11-6-4-5-7-12-23/h9,14-15,24H,3-8,10-13,16H2,1-2H3,(H2,20,21,22). The van der Waals surface area contributed by atoms with Crippen molar-refractivity contribution in [1.29, 1.82) is 0 Å². The molecule has 0 aliphatic carbocycles. The highest BCUT2D eigenvalue weighted by Crippen LogP contribution is 2.23. The molecule has 25 heavy (non-hydrogen) atoms. The van der Waals surface area contributed by atoms with Gasteiger partial charge in [-0.2, -0.15) is 11.3 Å². The molecule has 0 amide bonds. The van der Waals surface area contributed by atoms with Crippen LogP contribution in [0.2, 0.25) is 0 Å². The fraction of sp³-hybridized carbons (Fsp3) is 0.737. The average molecular weight is 367 g/mol. The number of hydrogen-bond acceptors (Lipinski definition) is 4.